The van der Waals surface area contributed by atoms with Crippen molar-refractivity contribution in [1.82, 2.24) is 4.90 Å². The smallest absolute Gasteiger partial charge is 0.372 e. The summed E-state index contributed by atoms with van der Waals surface area (Å²) in [5.74, 6) is -0.478. The van der Waals surface area contributed by atoms with Crippen LogP contribution in [-0.4, -0.2) is 28.4 Å². The SMILES string of the molecule is Cc1cc(CN2CCCC2=O)oc1C(=O)O. The maximum absolute atomic E-state index is 11.4. The van der Waals surface area contributed by atoms with Crippen LogP contribution in [0.5, 0.6) is 0 Å². The van der Waals surface area contributed by atoms with E-state index >= 15 is 0 Å². The number of rotatable bonds is 3. The normalized spacial score (nSPS) is 15.8. The summed E-state index contributed by atoms with van der Waals surface area (Å²) in [6.45, 7) is 2.77. The first-order chi connectivity index (χ1) is 7.58. The average Bonchev–Trinajstić information content (AvgIpc) is 2.75. The number of aryl methyl sites for hydroxylation is 1. The number of hydrogen-bond acceptors (Lipinski definition) is 3. The van der Waals surface area contributed by atoms with Crippen LogP contribution in [0.1, 0.15) is 34.7 Å². The minimum atomic E-state index is -1.07. The number of amides is 1. The Morgan fingerprint density at radius 2 is 2.38 bits per heavy atom. The predicted molar refractivity (Wildman–Crippen MR) is 55.1 cm³/mol. The Bertz CT molecular complexity index is 435. The van der Waals surface area contributed by atoms with Gasteiger partial charge in [-0.25, -0.2) is 4.79 Å². The van der Waals surface area contributed by atoms with E-state index < -0.39 is 5.97 Å². The molecule has 1 aromatic rings. The van der Waals surface area contributed by atoms with Gasteiger partial charge in [-0.2, -0.15) is 0 Å². The van der Waals surface area contributed by atoms with Crippen molar-refractivity contribution >= 4 is 11.9 Å². The van der Waals surface area contributed by atoms with Crippen molar-refractivity contribution in [2.45, 2.75) is 26.3 Å². The molecule has 0 atom stereocenters. The van der Waals surface area contributed by atoms with E-state index in [-0.39, 0.29) is 11.7 Å². The molecule has 2 rings (SSSR count). The molecule has 1 N–H and O–H groups in total. The summed E-state index contributed by atoms with van der Waals surface area (Å²) in [7, 11) is 0. The number of carbonyl (C=O) groups excluding carboxylic acids is 1. The molecule has 1 amide bonds. The number of carboxylic acids is 1. The quantitative estimate of drug-likeness (QED) is 0.841. The molecule has 1 fully saturated rings. The Balaban J connectivity index is 2.13. The van der Waals surface area contributed by atoms with Gasteiger partial charge in [-0.05, 0) is 19.4 Å². The molecule has 5 nitrogen and oxygen atoms in total. The lowest BCUT2D eigenvalue weighted by Gasteiger charge is -2.12. The van der Waals surface area contributed by atoms with Crippen LogP contribution >= 0.6 is 0 Å². The zero-order valence-corrected chi connectivity index (χ0v) is 9.02. The van der Waals surface area contributed by atoms with Crippen LogP contribution in [-0.2, 0) is 11.3 Å². The lowest BCUT2D eigenvalue weighted by atomic mass is 10.2. The number of furan rings is 1. The van der Waals surface area contributed by atoms with Crippen molar-refractivity contribution < 1.29 is 19.1 Å². The molecule has 5 heteroatoms. The van der Waals surface area contributed by atoms with E-state index in [0.717, 1.165) is 13.0 Å². The lowest BCUT2D eigenvalue weighted by Crippen LogP contribution is -2.23. The van der Waals surface area contributed by atoms with Crippen LogP contribution in [0.3, 0.4) is 0 Å². The lowest BCUT2D eigenvalue weighted by molar-refractivity contribution is -0.128. The molecule has 1 aliphatic heterocycles. The Labute approximate surface area is 92.7 Å². The van der Waals surface area contributed by atoms with Crippen molar-refractivity contribution in [1.29, 1.82) is 0 Å². The fourth-order valence-corrected chi connectivity index (χ4v) is 1.90. The second kappa shape index (κ2) is 4.00. The molecule has 1 aliphatic rings. The van der Waals surface area contributed by atoms with E-state index in [1.807, 2.05) is 0 Å². The first kappa shape index (κ1) is 10.7. The highest BCUT2D eigenvalue weighted by Gasteiger charge is 2.22. The number of nitrogens with zero attached hydrogens (tertiary/aromatic N) is 1. The number of carboxylic acid groups (broad SMARTS) is 1. The van der Waals surface area contributed by atoms with Gasteiger partial charge in [-0.15, -0.1) is 0 Å². The minimum Gasteiger partial charge on any atom is -0.475 e. The highest BCUT2D eigenvalue weighted by atomic mass is 16.4. The van der Waals surface area contributed by atoms with E-state index in [4.69, 9.17) is 9.52 Å². The van der Waals surface area contributed by atoms with Gasteiger partial charge in [0.25, 0.3) is 0 Å². The van der Waals surface area contributed by atoms with E-state index in [1.54, 1.807) is 17.9 Å². The standard InChI is InChI=1S/C11H13NO4/c1-7-5-8(16-10(7)11(14)15)6-12-4-2-3-9(12)13/h5H,2-4,6H2,1H3,(H,14,15). The molecule has 0 saturated carbocycles. The van der Waals surface area contributed by atoms with Gasteiger partial charge in [0, 0.05) is 18.5 Å². The summed E-state index contributed by atoms with van der Waals surface area (Å²) in [6.07, 6.45) is 1.44. The fourth-order valence-electron chi connectivity index (χ4n) is 1.90. The maximum atomic E-state index is 11.4. The summed E-state index contributed by atoms with van der Waals surface area (Å²) in [6, 6.07) is 1.68. The molecule has 0 spiro atoms. The highest BCUT2D eigenvalue weighted by Crippen LogP contribution is 2.19. The Morgan fingerprint density at radius 1 is 1.62 bits per heavy atom. The number of hydrogen-bond donors (Lipinski definition) is 1. The molecule has 0 aromatic carbocycles. The van der Waals surface area contributed by atoms with Gasteiger partial charge in [0.15, 0.2) is 0 Å². The number of carbonyl (C=O) groups is 2. The second-order valence-electron chi connectivity index (χ2n) is 3.95. The number of aromatic carboxylic acids is 1. The van der Waals surface area contributed by atoms with Gasteiger partial charge < -0.3 is 14.4 Å². The third kappa shape index (κ3) is 1.93. The monoisotopic (exact) mass is 223 g/mol. The van der Waals surface area contributed by atoms with Crippen LogP contribution in [0.15, 0.2) is 10.5 Å². The van der Waals surface area contributed by atoms with Crippen LogP contribution < -0.4 is 0 Å². The fraction of sp³-hybridized carbons (Fsp3) is 0.455. The average molecular weight is 223 g/mol. The van der Waals surface area contributed by atoms with Gasteiger partial charge in [-0.3, -0.25) is 4.79 Å². The molecule has 2 heterocycles. The summed E-state index contributed by atoms with van der Waals surface area (Å²) >= 11 is 0. The van der Waals surface area contributed by atoms with Crippen molar-refractivity contribution in [3.63, 3.8) is 0 Å². The van der Waals surface area contributed by atoms with Gasteiger partial charge in [0.2, 0.25) is 11.7 Å². The Morgan fingerprint density at radius 3 is 2.88 bits per heavy atom. The highest BCUT2D eigenvalue weighted by molar-refractivity contribution is 5.86. The van der Waals surface area contributed by atoms with Crippen LogP contribution in [0.4, 0.5) is 0 Å². The summed E-state index contributed by atoms with van der Waals surface area (Å²) < 4.78 is 5.19. The minimum absolute atomic E-state index is 0.0401. The third-order valence-electron chi connectivity index (χ3n) is 2.68. The van der Waals surface area contributed by atoms with Gasteiger partial charge in [0.1, 0.15) is 5.76 Å². The molecular formula is C11H13NO4. The third-order valence-corrected chi connectivity index (χ3v) is 2.68. The molecule has 0 aliphatic carbocycles. The Hall–Kier alpha value is -1.78. The first-order valence-corrected chi connectivity index (χ1v) is 5.18. The van der Waals surface area contributed by atoms with Crippen LogP contribution in [0, 0.1) is 6.92 Å². The zero-order chi connectivity index (χ0) is 11.7. The molecule has 0 unspecified atom stereocenters. The molecule has 1 aromatic heterocycles. The van der Waals surface area contributed by atoms with Crippen molar-refractivity contribution in [3.05, 3.63) is 23.2 Å². The second-order valence-corrected chi connectivity index (χ2v) is 3.95. The predicted octanol–water partition coefficient (Wildman–Crippen LogP) is 1.41. The molecular weight excluding hydrogens is 210 g/mol. The molecule has 1 saturated heterocycles. The summed E-state index contributed by atoms with van der Waals surface area (Å²) in [5.41, 5.74) is 0.592. The molecule has 0 radical (unpaired) electrons. The van der Waals surface area contributed by atoms with Gasteiger partial charge in [0.05, 0.1) is 6.54 Å². The van der Waals surface area contributed by atoms with E-state index in [0.29, 0.717) is 24.3 Å². The van der Waals surface area contributed by atoms with Crippen molar-refractivity contribution in [2.24, 2.45) is 0 Å². The summed E-state index contributed by atoms with van der Waals surface area (Å²) in [5, 5.41) is 8.82. The largest absolute Gasteiger partial charge is 0.475 e. The van der Waals surface area contributed by atoms with Crippen LogP contribution in [0.2, 0.25) is 0 Å². The van der Waals surface area contributed by atoms with E-state index in [9.17, 15) is 9.59 Å². The summed E-state index contributed by atoms with van der Waals surface area (Å²) in [4.78, 5) is 23.8. The van der Waals surface area contributed by atoms with Crippen molar-refractivity contribution in [2.75, 3.05) is 6.54 Å². The molecule has 0 bridgehead atoms. The number of likely N-dealkylation sites (tertiary alicyclic amines) is 1. The first-order valence-electron chi connectivity index (χ1n) is 5.18. The zero-order valence-electron chi connectivity index (χ0n) is 9.02. The molecule has 86 valence electrons. The molecule has 16 heavy (non-hydrogen) atoms. The van der Waals surface area contributed by atoms with Gasteiger partial charge in [-0.1, -0.05) is 0 Å². The van der Waals surface area contributed by atoms with Crippen molar-refractivity contribution in [3.8, 4) is 0 Å². The Kier molecular flexibility index (Phi) is 2.68. The maximum Gasteiger partial charge on any atom is 0.372 e. The topological polar surface area (TPSA) is 70.8 Å². The van der Waals surface area contributed by atoms with E-state index in [1.165, 1.54) is 0 Å². The van der Waals surface area contributed by atoms with Crippen LogP contribution in [0.25, 0.3) is 0 Å². The van der Waals surface area contributed by atoms with E-state index in [2.05, 4.69) is 0 Å². The van der Waals surface area contributed by atoms with Gasteiger partial charge >= 0.3 is 5.97 Å².